The van der Waals surface area contributed by atoms with Crippen LogP contribution in [0.1, 0.15) is 32.8 Å². The fraction of sp³-hybridized carbons (Fsp3) is 0.571. The highest BCUT2D eigenvalue weighted by Gasteiger charge is 2.23. The molecule has 0 radical (unpaired) electrons. The molecule has 1 aromatic carbocycles. The number of hydrogen-bond acceptors (Lipinski definition) is 2. The minimum absolute atomic E-state index is 0.127. The maximum absolute atomic E-state index is 9.11. The summed E-state index contributed by atoms with van der Waals surface area (Å²) in [6, 6.07) is 6.24. The van der Waals surface area contributed by atoms with Crippen molar-refractivity contribution in [2.24, 2.45) is 5.41 Å². The summed E-state index contributed by atoms with van der Waals surface area (Å²) in [5.74, 6) is 0. The van der Waals surface area contributed by atoms with E-state index in [0.717, 1.165) is 28.0 Å². The van der Waals surface area contributed by atoms with Gasteiger partial charge in [0, 0.05) is 23.7 Å². The molecule has 0 heterocycles. The molecule has 0 fully saturated rings. The normalized spacial score (nSPS) is 13.7. The predicted molar refractivity (Wildman–Crippen MR) is 80.9 cm³/mol. The van der Waals surface area contributed by atoms with Crippen LogP contribution in [-0.2, 0) is 6.54 Å². The fourth-order valence-corrected chi connectivity index (χ4v) is 2.31. The first kappa shape index (κ1) is 16.0. The predicted octanol–water partition coefficient (Wildman–Crippen LogP) is 3.99. The fourth-order valence-electron chi connectivity index (χ4n) is 1.86. The van der Waals surface area contributed by atoms with Crippen LogP contribution in [0.15, 0.2) is 22.7 Å². The van der Waals surface area contributed by atoms with Crippen LogP contribution in [0.3, 0.4) is 0 Å². The Hall–Kier alpha value is -0.0900. The highest BCUT2D eigenvalue weighted by molar-refractivity contribution is 9.10. The van der Waals surface area contributed by atoms with Crippen molar-refractivity contribution < 1.29 is 5.11 Å². The molecule has 2 N–H and O–H groups in total. The van der Waals surface area contributed by atoms with Gasteiger partial charge in [0.25, 0.3) is 0 Å². The van der Waals surface area contributed by atoms with Gasteiger partial charge >= 0.3 is 0 Å². The average Bonchev–Trinajstić information content (AvgIpc) is 2.27. The summed E-state index contributed by atoms with van der Waals surface area (Å²) < 4.78 is 0.913. The van der Waals surface area contributed by atoms with E-state index in [1.165, 1.54) is 0 Å². The number of hydrogen-bond donors (Lipinski definition) is 2. The Labute approximate surface area is 123 Å². The number of benzene rings is 1. The van der Waals surface area contributed by atoms with Crippen molar-refractivity contribution in [3.05, 3.63) is 33.3 Å². The first-order chi connectivity index (χ1) is 8.34. The molecule has 0 saturated heterocycles. The van der Waals surface area contributed by atoms with Crippen LogP contribution in [0, 0.1) is 5.41 Å². The van der Waals surface area contributed by atoms with Gasteiger partial charge in [-0.15, -0.1) is 0 Å². The Morgan fingerprint density at radius 1 is 1.39 bits per heavy atom. The van der Waals surface area contributed by atoms with Gasteiger partial charge in [-0.05, 0) is 45.5 Å². The number of aliphatic hydroxyl groups is 1. The highest BCUT2D eigenvalue weighted by Crippen LogP contribution is 2.25. The maximum atomic E-state index is 9.11. The first-order valence-corrected chi connectivity index (χ1v) is 7.30. The largest absolute Gasteiger partial charge is 0.396 e. The number of rotatable bonds is 5. The van der Waals surface area contributed by atoms with Crippen molar-refractivity contribution in [3.63, 3.8) is 0 Å². The second-order valence-corrected chi connectivity index (χ2v) is 6.82. The van der Waals surface area contributed by atoms with E-state index >= 15 is 0 Å². The lowest BCUT2D eigenvalue weighted by Crippen LogP contribution is -2.40. The van der Waals surface area contributed by atoms with Crippen molar-refractivity contribution in [1.29, 1.82) is 0 Å². The van der Waals surface area contributed by atoms with Crippen LogP contribution in [0.25, 0.3) is 0 Å². The number of nitrogens with one attached hydrogen (secondary N) is 1. The van der Waals surface area contributed by atoms with Gasteiger partial charge in [-0.25, -0.2) is 0 Å². The third-order valence-electron chi connectivity index (χ3n) is 3.00. The van der Waals surface area contributed by atoms with E-state index in [9.17, 15) is 0 Å². The van der Waals surface area contributed by atoms with E-state index in [-0.39, 0.29) is 18.1 Å². The Morgan fingerprint density at radius 3 is 2.56 bits per heavy atom. The van der Waals surface area contributed by atoms with Crippen LogP contribution in [0.4, 0.5) is 0 Å². The number of aliphatic hydroxyl groups excluding tert-OH is 1. The van der Waals surface area contributed by atoms with Crippen LogP contribution in [-0.4, -0.2) is 17.8 Å². The minimum Gasteiger partial charge on any atom is -0.396 e. The van der Waals surface area contributed by atoms with Crippen molar-refractivity contribution in [2.45, 2.75) is 39.8 Å². The van der Waals surface area contributed by atoms with Gasteiger partial charge in [0.1, 0.15) is 0 Å². The van der Waals surface area contributed by atoms with Crippen LogP contribution >= 0.6 is 27.5 Å². The third kappa shape index (κ3) is 4.88. The average molecular weight is 335 g/mol. The Kier molecular flexibility index (Phi) is 6.12. The summed E-state index contributed by atoms with van der Waals surface area (Å²) in [5, 5.41) is 13.3. The summed E-state index contributed by atoms with van der Waals surface area (Å²) in [6.45, 7) is 7.49. The van der Waals surface area contributed by atoms with Crippen molar-refractivity contribution in [3.8, 4) is 0 Å². The molecular weight excluding hydrogens is 314 g/mol. The minimum atomic E-state index is 0.127. The van der Waals surface area contributed by atoms with E-state index in [1.807, 2.05) is 18.2 Å². The molecule has 0 aliphatic rings. The SMILES string of the molecule is CC(C)(C)C(CCO)NCc1ccc(Br)c(Cl)c1. The van der Waals surface area contributed by atoms with Crippen molar-refractivity contribution >= 4 is 27.5 Å². The topological polar surface area (TPSA) is 32.3 Å². The van der Waals surface area contributed by atoms with Gasteiger partial charge in [0.05, 0.1) is 5.02 Å². The zero-order chi connectivity index (χ0) is 13.8. The quantitative estimate of drug-likeness (QED) is 0.853. The lowest BCUT2D eigenvalue weighted by Gasteiger charge is -2.31. The lowest BCUT2D eigenvalue weighted by molar-refractivity contribution is 0.196. The second-order valence-electron chi connectivity index (χ2n) is 5.56. The van der Waals surface area contributed by atoms with Gasteiger partial charge in [-0.3, -0.25) is 0 Å². The van der Waals surface area contributed by atoms with Crippen molar-refractivity contribution in [1.82, 2.24) is 5.32 Å². The molecule has 1 rings (SSSR count). The third-order valence-corrected chi connectivity index (χ3v) is 4.23. The van der Waals surface area contributed by atoms with Gasteiger partial charge in [0.15, 0.2) is 0 Å². The smallest absolute Gasteiger partial charge is 0.0551 e. The molecule has 0 aliphatic heterocycles. The lowest BCUT2D eigenvalue weighted by atomic mass is 9.85. The van der Waals surface area contributed by atoms with Gasteiger partial charge in [-0.1, -0.05) is 38.4 Å². The zero-order valence-electron chi connectivity index (χ0n) is 11.1. The van der Waals surface area contributed by atoms with E-state index < -0.39 is 0 Å². The molecule has 102 valence electrons. The van der Waals surface area contributed by atoms with Crippen LogP contribution < -0.4 is 5.32 Å². The molecule has 0 aromatic heterocycles. The molecule has 0 saturated carbocycles. The maximum Gasteiger partial charge on any atom is 0.0551 e. The van der Waals surface area contributed by atoms with E-state index in [0.29, 0.717) is 0 Å². The molecule has 1 aromatic rings. The molecule has 0 aliphatic carbocycles. The van der Waals surface area contributed by atoms with Gasteiger partial charge in [-0.2, -0.15) is 0 Å². The summed E-state index contributed by atoms with van der Waals surface area (Å²) in [5.41, 5.74) is 1.28. The molecule has 4 heteroatoms. The highest BCUT2D eigenvalue weighted by atomic mass is 79.9. The van der Waals surface area contributed by atoms with Gasteiger partial charge < -0.3 is 10.4 Å². The van der Waals surface area contributed by atoms with E-state index in [2.05, 4.69) is 42.0 Å². The summed E-state index contributed by atoms with van der Waals surface area (Å²) in [4.78, 5) is 0. The molecule has 18 heavy (non-hydrogen) atoms. The zero-order valence-corrected chi connectivity index (χ0v) is 13.5. The van der Waals surface area contributed by atoms with E-state index in [4.69, 9.17) is 16.7 Å². The van der Waals surface area contributed by atoms with Crippen LogP contribution in [0.2, 0.25) is 5.02 Å². The number of halogens is 2. The molecule has 2 nitrogen and oxygen atoms in total. The van der Waals surface area contributed by atoms with Crippen molar-refractivity contribution in [2.75, 3.05) is 6.61 Å². The first-order valence-electron chi connectivity index (χ1n) is 6.12. The van der Waals surface area contributed by atoms with E-state index in [1.54, 1.807) is 0 Å². The molecule has 1 atom stereocenters. The van der Waals surface area contributed by atoms with Gasteiger partial charge in [0.2, 0.25) is 0 Å². The molecule has 0 amide bonds. The van der Waals surface area contributed by atoms with Crippen LogP contribution in [0.5, 0.6) is 0 Å². The summed E-state index contributed by atoms with van der Waals surface area (Å²) in [6.07, 6.45) is 0.758. The summed E-state index contributed by atoms with van der Waals surface area (Å²) >= 11 is 9.45. The monoisotopic (exact) mass is 333 g/mol. The molecular formula is C14H21BrClNO. The standard InChI is InChI=1S/C14H21BrClNO/c1-14(2,3)13(6-7-18)17-9-10-4-5-11(15)12(16)8-10/h4-5,8,13,17-18H,6-7,9H2,1-3H3. The summed E-state index contributed by atoms with van der Waals surface area (Å²) in [7, 11) is 0. The second kappa shape index (κ2) is 6.90. The Bertz CT molecular complexity index is 390. The Morgan fingerprint density at radius 2 is 2.06 bits per heavy atom. The molecule has 0 bridgehead atoms. The molecule has 1 unspecified atom stereocenters. The Balaban J connectivity index is 2.64. The molecule has 0 spiro atoms.